The Hall–Kier alpha value is -3.36. The number of para-hydroxylation sites is 1. The van der Waals surface area contributed by atoms with Gasteiger partial charge in [-0.25, -0.2) is 11.7 Å². The standard InChI is InChI=1S/C20H24N4O.CH4N2O/c1-14-11-16(18-12-15(2)24(4)22-18)9-10-20(14)25-13-17-7-5-6-8-19(17)23(3)21;2-3-1-4/h5-12H,13,21H2,1-4H3;1H,2H2,(H,3,4). The molecule has 8 nitrogen and oxygen atoms in total. The van der Waals surface area contributed by atoms with Crippen molar-refractivity contribution in [1.29, 1.82) is 0 Å². The third-order valence-corrected chi connectivity index (χ3v) is 4.41. The Balaban J connectivity index is 0.000000687. The minimum atomic E-state index is 0.403. The lowest BCUT2D eigenvalue weighted by atomic mass is 10.1. The van der Waals surface area contributed by atoms with Crippen molar-refractivity contribution in [2.24, 2.45) is 18.7 Å². The summed E-state index contributed by atoms with van der Waals surface area (Å²) in [6.07, 6.45) is 0.403. The maximum Gasteiger partial charge on any atom is 0.221 e. The summed E-state index contributed by atoms with van der Waals surface area (Å²) < 4.78 is 7.91. The molecule has 0 aliphatic carbocycles. The molecule has 0 bridgehead atoms. The van der Waals surface area contributed by atoms with Gasteiger partial charge in [-0.1, -0.05) is 18.2 Å². The van der Waals surface area contributed by atoms with Crippen LogP contribution in [-0.4, -0.2) is 23.2 Å². The third-order valence-electron chi connectivity index (χ3n) is 4.41. The summed E-state index contributed by atoms with van der Waals surface area (Å²) in [7, 11) is 3.78. The summed E-state index contributed by atoms with van der Waals surface area (Å²) >= 11 is 0. The first-order valence-corrected chi connectivity index (χ1v) is 9.08. The highest BCUT2D eigenvalue weighted by molar-refractivity contribution is 5.62. The van der Waals surface area contributed by atoms with Gasteiger partial charge >= 0.3 is 0 Å². The Morgan fingerprint density at radius 2 is 1.90 bits per heavy atom. The molecule has 2 aromatic carbocycles. The molecule has 3 aromatic rings. The number of ether oxygens (including phenoxy) is 1. The number of anilines is 1. The van der Waals surface area contributed by atoms with Crippen molar-refractivity contribution in [3.63, 3.8) is 0 Å². The molecule has 29 heavy (non-hydrogen) atoms. The van der Waals surface area contributed by atoms with Crippen molar-refractivity contribution in [2.75, 3.05) is 12.1 Å². The molecule has 0 radical (unpaired) electrons. The Bertz CT molecular complexity index is 933. The van der Waals surface area contributed by atoms with Crippen LogP contribution in [0, 0.1) is 13.8 Å². The van der Waals surface area contributed by atoms with Gasteiger partial charge in [0.1, 0.15) is 12.4 Å². The summed E-state index contributed by atoms with van der Waals surface area (Å²) in [6, 6.07) is 16.2. The number of carbonyl (C=O) groups excluding carboxylic acids is 1. The number of hydrogen-bond donors (Lipinski definition) is 3. The second kappa shape index (κ2) is 10.3. The van der Waals surface area contributed by atoms with Gasteiger partial charge in [0.25, 0.3) is 0 Å². The van der Waals surface area contributed by atoms with Crippen molar-refractivity contribution < 1.29 is 9.53 Å². The monoisotopic (exact) mass is 396 g/mol. The summed E-state index contributed by atoms with van der Waals surface area (Å²) in [5.41, 5.74) is 8.05. The SMILES string of the molecule is Cc1cc(-c2cc(C)n(C)n2)ccc1OCc1ccccc1N(C)N.NNC=O. The fraction of sp³-hybridized carbons (Fsp3) is 0.238. The Morgan fingerprint density at radius 3 is 2.45 bits per heavy atom. The fourth-order valence-corrected chi connectivity index (χ4v) is 2.80. The van der Waals surface area contributed by atoms with Crippen LogP contribution < -0.4 is 26.9 Å². The van der Waals surface area contributed by atoms with Gasteiger partial charge in [0.05, 0.1) is 11.4 Å². The van der Waals surface area contributed by atoms with Gasteiger partial charge < -0.3 is 9.75 Å². The van der Waals surface area contributed by atoms with Crippen molar-refractivity contribution in [1.82, 2.24) is 15.2 Å². The number of nitrogens with two attached hydrogens (primary N) is 2. The van der Waals surface area contributed by atoms with Crippen molar-refractivity contribution in [2.45, 2.75) is 20.5 Å². The molecular weight excluding hydrogens is 368 g/mol. The molecular formula is C21H28N6O2. The fourth-order valence-electron chi connectivity index (χ4n) is 2.80. The smallest absolute Gasteiger partial charge is 0.221 e. The minimum absolute atomic E-state index is 0.403. The van der Waals surface area contributed by atoms with E-state index >= 15 is 0 Å². The van der Waals surface area contributed by atoms with E-state index in [0.717, 1.165) is 39.5 Å². The zero-order valence-corrected chi connectivity index (χ0v) is 17.2. The number of carbonyl (C=O) groups is 1. The number of amides is 1. The number of aromatic nitrogens is 2. The van der Waals surface area contributed by atoms with Crippen molar-refractivity contribution in [3.8, 4) is 17.0 Å². The summed E-state index contributed by atoms with van der Waals surface area (Å²) in [6.45, 7) is 4.57. The van der Waals surface area contributed by atoms with Crippen LogP contribution in [0.1, 0.15) is 16.8 Å². The van der Waals surface area contributed by atoms with Gasteiger partial charge in [0, 0.05) is 30.9 Å². The lowest BCUT2D eigenvalue weighted by Crippen LogP contribution is -2.26. The lowest BCUT2D eigenvalue weighted by molar-refractivity contribution is -0.109. The number of nitrogens with zero attached hydrogens (tertiary/aromatic N) is 3. The molecule has 5 N–H and O–H groups in total. The second-order valence-electron chi connectivity index (χ2n) is 6.59. The highest BCUT2D eigenvalue weighted by Crippen LogP contribution is 2.27. The van der Waals surface area contributed by atoms with Gasteiger partial charge in [-0.05, 0) is 49.7 Å². The molecule has 1 aromatic heterocycles. The van der Waals surface area contributed by atoms with E-state index in [9.17, 15) is 0 Å². The molecule has 0 saturated carbocycles. The third kappa shape index (κ3) is 5.81. The normalized spacial score (nSPS) is 10.0. The minimum Gasteiger partial charge on any atom is -0.489 e. The van der Waals surface area contributed by atoms with Crippen LogP contribution in [0.3, 0.4) is 0 Å². The zero-order chi connectivity index (χ0) is 21.4. The molecule has 8 heteroatoms. The van der Waals surface area contributed by atoms with E-state index in [4.69, 9.17) is 15.4 Å². The Morgan fingerprint density at radius 1 is 1.21 bits per heavy atom. The maximum absolute atomic E-state index is 8.94. The number of nitrogens with one attached hydrogen (secondary N) is 1. The predicted molar refractivity (Wildman–Crippen MR) is 115 cm³/mol. The Labute approximate surface area is 171 Å². The first kappa shape index (κ1) is 21.9. The molecule has 3 rings (SSSR count). The average molecular weight is 396 g/mol. The topological polar surface area (TPSA) is 111 Å². The zero-order valence-electron chi connectivity index (χ0n) is 17.2. The first-order chi connectivity index (χ1) is 13.9. The van der Waals surface area contributed by atoms with Gasteiger partial charge in [-0.2, -0.15) is 5.10 Å². The summed E-state index contributed by atoms with van der Waals surface area (Å²) in [5, 5.41) is 6.14. The van der Waals surface area contributed by atoms with Crippen LogP contribution in [-0.2, 0) is 18.4 Å². The Kier molecular flexibility index (Phi) is 7.76. The molecule has 1 heterocycles. The van der Waals surface area contributed by atoms with E-state index < -0.39 is 0 Å². The number of hydrazine groups is 2. The van der Waals surface area contributed by atoms with E-state index in [1.807, 2.05) is 62.1 Å². The van der Waals surface area contributed by atoms with Crippen molar-refractivity contribution in [3.05, 3.63) is 65.4 Å². The average Bonchev–Trinajstić information content (AvgIpc) is 3.06. The molecule has 0 unspecified atom stereocenters. The van der Waals surface area contributed by atoms with E-state index in [2.05, 4.69) is 30.0 Å². The molecule has 0 spiro atoms. The number of aryl methyl sites for hydroxylation is 3. The van der Waals surface area contributed by atoms with Crippen LogP contribution in [0.5, 0.6) is 5.75 Å². The van der Waals surface area contributed by atoms with E-state index in [0.29, 0.717) is 13.0 Å². The predicted octanol–water partition coefficient (Wildman–Crippen LogP) is 2.20. The molecule has 0 aliphatic heterocycles. The van der Waals surface area contributed by atoms with Crippen LogP contribution in [0.4, 0.5) is 5.69 Å². The highest BCUT2D eigenvalue weighted by Gasteiger charge is 2.09. The van der Waals surface area contributed by atoms with Gasteiger partial charge in [0.15, 0.2) is 0 Å². The number of rotatable bonds is 6. The number of hydrogen-bond acceptors (Lipinski definition) is 6. The molecule has 0 fully saturated rings. The highest BCUT2D eigenvalue weighted by atomic mass is 16.5. The van der Waals surface area contributed by atoms with E-state index in [-0.39, 0.29) is 0 Å². The molecule has 0 saturated heterocycles. The van der Waals surface area contributed by atoms with E-state index in [1.54, 1.807) is 10.4 Å². The van der Waals surface area contributed by atoms with Crippen molar-refractivity contribution >= 4 is 12.1 Å². The van der Waals surface area contributed by atoms with Gasteiger partial charge in [-0.3, -0.25) is 14.9 Å². The van der Waals surface area contributed by atoms with Crippen LogP contribution >= 0.6 is 0 Å². The number of benzene rings is 2. The molecule has 0 atom stereocenters. The van der Waals surface area contributed by atoms with Gasteiger partial charge in [-0.15, -0.1) is 0 Å². The molecule has 0 aliphatic rings. The summed E-state index contributed by atoms with van der Waals surface area (Å²) in [5.74, 6) is 11.2. The molecule has 1 amide bonds. The lowest BCUT2D eigenvalue weighted by Gasteiger charge is -2.17. The maximum atomic E-state index is 8.94. The van der Waals surface area contributed by atoms with Gasteiger partial charge in [0.2, 0.25) is 6.41 Å². The summed E-state index contributed by atoms with van der Waals surface area (Å²) in [4.78, 5) is 8.94. The largest absolute Gasteiger partial charge is 0.489 e. The first-order valence-electron chi connectivity index (χ1n) is 9.08. The van der Waals surface area contributed by atoms with Crippen LogP contribution in [0.2, 0.25) is 0 Å². The van der Waals surface area contributed by atoms with Crippen LogP contribution in [0.15, 0.2) is 48.5 Å². The quantitative estimate of drug-likeness (QED) is 0.255. The van der Waals surface area contributed by atoms with Crippen LogP contribution in [0.25, 0.3) is 11.3 Å². The molecule has 154 valence electrons. The second-order valence-corrected chi connectivity index (χ2v) is 6.59. The van der Waals surface area contributed by atoms with E-state index in [1.165, 1.54) is 0 Å².